The van der Waals surface area contributed by atoms with Crippen LogP contribution in [0.25, 0.3) is 0 Å². The Balaban J connectivity index is 1.43. The van der Waals surface area contributed by atoms with Crippen molar-refractivity contribution in [1.29, 1.82) is 0 Å². The Morgan fingerprint density at radius 3 is 2.50 bits per heavy atom. The lowest BCUT2D eigenvalue weighted by atomic mass is 10.1. The van der Waals surface area contributed by atoms with Crippen LogP contribution < -0.4 is 5.32 Å². The van der Waals surface area contributed by atoms with Crippen molar-refractivity contribution in [3.63, 3.8) is 0 Å². The molecule has 0 spiro atoms. The number of benzene rings is 1. The van der Waals surface area contributed by atoms with E-state index in [9.17, 15) is 9.00 Å². The van der Waals surface area contributed by atoms with Gasteiger partial charge in [0.05, 0.1) is 6.54 Å². The Bertz CT molecular complexity index is 801. The molecular weight excluding hydrogens is 394 g/mol. The predicted molar refractivity (Wildman–Crippen MR) is 113 cm³/mol. The fourth-order valence-electron chi connectivity index (χ4n) is 2.99. The van der Waals surface area contributed by atoms with E-state index in [4.69, 9.17) is 0 Å². The van der Waals surface area contributed by atoms with Crippen LogP contribution in [0.3, 0.4) is 0 Å². The predicted octanol–water partition coefficient (Wildman–Crippen LogP) is 1.27. The van der Waals surface area contributed by atoms with Gasteiger partial charge in [-0.15, -0.1) is 10.2 Å². The van der Waals surface area contributed by atoms with Crippen molar-refractivity contribution in [3.05, 3.63) is 45.4 Å². The average molecular weight is 422 g/mol. The van der Waals surface area contributed by atoms with Crippen LogP contribution in [0.5, 0.6) is 0 Å². The minimum Gasteiger partial charge on any atom is -0.346 e. The van der Waals surface area contributed by atoms with E-state index in [1.165, 1.54) is 16.9 Å². The van der Waals surface area contributed by atoms with Crippen molar-refractivity contribution in [2.45, 2.75) is 20.0 Å². The third-order valence-electron chi connectivity index (χ3n) is 4.75. The molecule has 2 aromatic rings. The lowest BCUT2D eigenvalue weighted by molar-refractivity contribution is 0.0950. The van der Waals surface area contributed by atoms with Crippen LogP contribution >= 0.6 is 11.3 Å². The highest BCUT2D eigenvalue weighted by Gasteiger charge is 2.19. The molecule has 0 saturated carbocycles. The van der Waals surface area contributed by atoms with Crippen LogP contribution in [-0.4, -0.2) is 74.8 Å². The summed E-state index contributed by atoms with van der Waals surface area (Å²) in [6.07, 6.45) is 1.75. The second-order valence-corrected chi connectivity index (χ2v) is 9.68. The summed E-state index contributed by atoms with van der Waals surface area (Å²) in [4.78, 5) is 17.0. The van der Waals surface area contributed by atoms with Crippen LogP contribution in [0.15, 0.2) is 24.3 Å². The number of hydrogen-bond donors (Lipinski definition) is 1. The number of rotatable bonds is 8. The Labute approximate surface area is 172 Å². The number of piperazine rings is 1. The normalized spacial score (nSPS) is 16.8. The van der Waals surface area contributed by atoms with Crippen molar-refractivity contribution >= 4 is 28.0 Å². The number of aryl methyl sites for hydroxylation is 1. The summed E-state index contributed by atoms with van der Waals surface area (Å²) in [7, 11) is -0.734. The smallest absolute Gasteiger partial charge is 0.282 e. The largest absolute Gasteiger partial charge is 0.346 e. The van der Waals surface area contributed by atoms with Gasteiger partial charge >= 0.3 is 0 Å². The molecule has 1 aromatic heterocycles. The molecule has 9 heteroatoms. The molecular formula is C19H27N5O2S2. The number of aromatic nitrogens is 2. The third kappa shape index (κ3) is 6.44. The van der Waals surface area contributed by atoms with E-state index in [0.717, 1.165) is 55.6 Å². The molecule has 7 nitrogen and oxygen atoms in total. The Morgan fingerprint density at radius 2 is 1.82 bits per heavy atom. The zero-order valence-electron chi connectivity index (χ0n) is 16.4. The first kappa shape index (κ1) is 21.0. The Hall–Kier alpha value is -1.68. The van der Waals surface area contributed by atoms with E-state index in [-0.39, 0.29) is 5.91 Å². The van der Waals surface area contributed by atoms with Crippen LogP contribution in [0.1, 0.15) is 25.9 Å². The molecule has 1 N–H and O–H groups in total. The zero-order valence-corrected chi connectivity index (χ0v) is 18.0. The molecule has 1 atom stereocenters. The van der Waals surface area contributed by atoms with Gasteiger partial charge < -0.3 is 5.32 Å². The number of hydrogen-bond acceptors (Lipinski definition) is 7. The van der Waals surface area contributed by atoms with Gasteiger partial charge in [0, 0.05) is 62.1 Å². The van der Waals surface area contributed by atoms with E-state index in [2.05, 4.69) is 25.3 Å². The summed E-state index contributed by atoms with van der Waals surface area (Å²) < 4.78 is 11.2. The first-order chi connectivity index (χ1) is 13.5. The molecule has 3 rings (SSSR count). The van der Waals surface area contributed by atoms with Crippen molar-refractivity contribution < 1.29 is 9.00 Å². The first-order valence-corrected chi connectivity index (χ1v) is 11.9. The molecule has 1 unspecified atom stereocenters. The van der Waals surface area contributed by atoms with Gasteiger partial charge in [0.1, 0.15) is 5.01 Å². The molecule has 0 radical (unpaired) electrons. The second kappa shape index (κ2) is 10.2. The fraction of sp³-hybridized carbons (Fsp3) is 0.526. The number of carbonyl (C=O) groups is 1. The minimum absolute atomic E-state index is 0.179. The minimum atomic E-state index is -0.734. The maximum absolute atomic E-state index is 12.3. The molecule has 1 aromatic carbocycles. The maximum Gasteiger partial charge on any atom is 0.282 e. The number of nitrogens with zero attached hydrogens (tertiary/aromatic N) is 4. The van der Waals surface area contributed by atoms with Gasteiger partial charge in [0.15, 0.2) is 0 Å². The molecule has 1 aliphatic rings. The van der Waals surface area contributed by atoms with Crippen LogP contribution in [0.4, 0.5) is 0 Å². The highest BCUT2D eigenvalue weighted by Crippen LogP contribution is 2.14. The highest BCUT2D eigenvalue weighted by molar-refractivity contribution is 7.84. The van der Waals surface area contributed by atoms with Gasteiger partial charge in [0.2, 0.25) is 5.01 Å². The van der Waals surface area contributed by atoms with Gasteiger partial charge in [0.25, 0.3) is 5.91 Å². The van der Waals surface area contributed by atoms with Gasteiger partial charge in [-0.05, 0) is 12.5 Å². The molecule has 2 heterocycles. The molecule has 28 heavy (non-hydrogen) atoms. The maximum atomic E-state index is 12.3. The van der Waals surface area contributed by atoms with Crippen LogP contribution in [0, 0.1) is 6.92 Å². The van der Waals surface area contributed by atoms with Crippen molar-refractivity contribution in [2.75, 3.05) is 44.7 Å². The molecule has 1 fully saturated rings. The van der Waals surface area contributed by atoms with E-state index >= 15 is 0 Å². The monoisotopic (exact) mass is 421 g/mol. The van der Waals surface area contributed by atoms with Gasteiger partial charge in [-0.25, -0.2) is 0 Å². The SMILES string of the molecule is Cc1ccc(CNC(=O)c2nnc(CN3CCN(CCS(C)=O)CC3)s2)cc1. The summed E-state index contributed by atoms with van der Waals surface area (Å²) >= 11 is 1.36. The Morgan fingerprint density at radius 1 is 1.14 bits per heavy atom. The van der Waals surface area contributed by atoms with Crippen LogP contribution in [0.2, 0.25) is 0 Å². The van der Waals surface area contributed by atoms with Gasteiger partial charge in [-0.3, -0.25) is 18.8 Å². The van der Waals surface area contributed by atoms with Crippen molar-refractivity contribution in [2.24, 2.45) is 0 Å². The lowest BCUT2D eigenvalue weighted by Gasteiger charge is -2.33. The zero-order chi connectivity index (χ0) is 19.9. The van der Waals surface area contributed by atoms with E-state index in [0.29, 0.717) is 11.6 Å². The first-order valence-electron chi connectivity index (χ1n) is 9.40. The lowest BCUT2D eigenvalue weighted by Crippen LogP contribution is -2.46. The summed E-state index contributed by atoms with van der Waals surface area (Å²) in [5, 5.41) is 12.4. The molecule has 0 bridgehead atoms. The number of carbonyl (C=O) groups excluding carboxylic acids is 1. The van der Waals surface area contributed by atoms with Crippen molar-refractivity contribution in [3.8, 4) is 0 Å². The molecule has 1 aliphatic heterocycles. The van der Waals surface area contributed by atoms with Crippen LogP contribution in [-0.2, 0) is 23.9 Å². The van der Waals surface area contributed by atoms with E-state index < -0.39 is 10.8 Å². The number of amides is 1. The summed E-state index contributed by atoms with van der Waals surface area (Å²) in [6, 6.07) is 8.09. The molecule has 1 saturated heterocycles. The summed E-state index contributed by atoms with van der Waals surface area (Å²) in [5.74, 6) is 0.555. The standard InChI is InChI=1S/C19H27N5O2S2/c1-15-3-5-16(6-4-15)13-20-18(25)19-22-21-17(27-19)14-24-9-7-23(8-10-24)11-12-28(2)26/h3-6H,7-14H2,1-2H3,(H,20,25). The fourth-order valence-corrected chi connectivity index (χ4v) is 4.31. The van der Waals surface area contributed by atoms with Gasteiger partial charge in [-0.2, -0.15) is 0 Å². The quantitative estimate of drug-likeness (QED) is 0.692. The third-order valence-corrected chi connectivity index (χ3v) is 6.42. The number of nitrogens with one attached hydrogen (secondary N) is 1. The summed E-state index contributed by atoms with van der Waals surface area (Å²) in [6.45, 7) is 7.98. The summed E-state index contributed by atoms with van der Waals surface area (Å²) in [5.41, 5.74) is 2.26. The van der Waals surface area contributed by atoms with Crippen molar-refractivity contribution in [1.82, 2.24) is 25.3 Å². The molecule has 152 valence electrons. The topological polar surface area (TPSA) is 78.4 Å². The van der Waals surface area contributed by atoms with E-state index in [1.807, 2.05) is 31.2 Å². The molecule has 0 aliphatic carbocycles. The second-order valence-electron chi connectivity index (χ2n) is 7.06. The highest BCUT2D eigenvalue weighted by atomic mass is 32.2. The van der Waals surface area contributed by atoms with E-state index in [1.54, 1.807) is 6.26 Å². The Kier molecular flexibility index (Phi) is 7.66. The van der Waals surface area contributed by atoms with Gasteiger partial charge in [-0.1, -0.05) is 41.2 Å². The molecule has 1 amide bonds. The average Bonchev–Trinajstić information content (AvgIpc) is 3.15.